The van der Waals surface area contributed by atoms with Crippen molar-refractivity contribution in [1.82, 2.24) is 9.88 Å². The lowest BCUT2D eigenvalue weighted by molar-refractivity contribution is -0.142. The van der Waals surface area contributed by atoms with E-state index in [1.165, 1.54) is 16.2 Å². The van der Waals surface area contributed by atoms with E-state index in [9.17, 15) is 19.2 Å². The lowest BCUT2D eigenvalue weighted by Gasteiger charge is -2.16. The van der Waals surface area contributed by atoms with E-state index in [1.54, 1.807) is 5.38 Å². The summed E-state index contributed by atoms with van der Waals surface area (Å²) in [4.78, 5) is 53.4. The SMILES string of the molecule is Cc1ccc(CC(=O)Cc2nc(CN(CC(=O)O)CC(=O)O)cs2)c(C(=O)C2CCCC2)c1. The lowest BCUT2D eigenvalue weighted by Crippen LogP contribution is -2.34. The Morgan fingerprint density at radius 1 is 1.06 bits per heavy atom. The molecular formula is C24H28N2O6S. The number of aliphatic carboxylic acids is 2. The van der Waals surface area contributed by atoms with Gasteiger partial charge in [-0.25, -0.2) is 4.98 Å². The number of carbonyl (C=O) groups is 4. The number of nitrogens with zero attached hydrogens (tertiary/aromatic N) is 2. The molecule has 1 aliphatic carbocycles. The molecule has 0 unspecified atom stereocenters. The first-order chi connectivity index (χ1) is 15.7. The van der Waals surface area contributed by atoms with Crippen molar-refractivity contribution in [2.45, 2.75) is 52.0 Å². The summed E-state index contributed by atoms with van der Waals surface area (Å²) in [6, 6.07) is 5.65. The van der Waals surface area contributed by atoms with Crippen LogP contribution < -0.4 is 0 Å². The van der Waals surface area contributed by atoms with Crippen molar-refractivity contribution in [3.63, 3.8) is 0 Å². The van der Waals surface area contributed by atoms with E-state index in [0.29, 0.717) is 16.3 Å². The third kappa shape index (κ3) is 7.30. The molecule has 0 bridgehead atoms. The van der Waals surface area contributed by atoms with Crippen LogP contribution in [0.2, 0.25) is 0 Å². The predicted octanol–water partition coefficient (Wildman–Crippen LogP) is 3.15. The highest BCUT2D eigenvalue weighted by Gasteiger charge is 2.26. The maximum absolute atomic E-state index is 13.0. The molecule has 8 nitrogen and oxygen atoms in total. The van der Waals surface area contributed by atoms with E-state index in [-0.39, 0.29) is 36.9 Å². The van der Waals surface area contributed by atoms with Crippen LogP contribution in [0.15, 0.2) is 23.6 Å². The Morgan fingerprint density at radius 3 is 2.36 bits per heavy atom. The largest absolute Gasteiger partial charge is 0.480 e. The van der Waals surface area contributed by atoms with Crippen molar-refractivity contribution in [2.75, 3.05) is 13.1 Å². The molecule has 1 fully saturated rings. The number of carboxylic acid groups (broad SMARTS) is 2. The molecule has 9 heteroatoms. The number of thiazole rings is 1. The first-order valence-electron chi connectivity index (χ1n) is 11.0. The van der Waals surface area contributed by atoms with Crippen LogP contribution in [-0.4, -0.2) is 56.7 Å². The quantitative estimate of drug-likeness (QED) is 0.451. The van der Waals surface area contributed by atoms with E-state index >= 15 is 0 Å². The molecular weight excluding hydrogens is 444 g/mol. The van der Waals surface area contributed by atoms with Crippen LogP contribution in [-0.2, 0) is 33.8 Å². The summed E-state index contributed by atoms with van der Waals surface area (Å²) in [5, 5.41) is 20.2. The molecule has 1 heterocycles. The van der Waals surface area contributed by atoms with Gasteiger partial charge >= 0.3 is 11.9 Å². The zero-order valence-corrected chi connectivity index (χ0v) is 19.4. The average Bonchev–Trinajstić information content (AvgIpc) is 3.40. The molecule has 0 aliphatic heterocycles. The van der Waals surface area contributed by atoms with Gasteiger partial charge in [0.15, 0.2) is 5.78 Å². The topological polar surface area (TPSA) is 125 Å². The highest BCUT2D eigenvalue weighted by atomic mass is 32.1. The third-order valence-corrected chi connectivity index (χ3v) is 6.59. The maximum atomic E-state index is 13.0. The van der Waals surface area contributed by atoms with Gasteiger partial charge in [-0.05, 0) is 31.4 Å². The minimum absolute atomic E-state index is 0.0433. The number of Topliss-reactive ketones (excluding diaryl/α,β-unsaturated/α-hetero) is 2. The van der Waals surface area contributed by atoms with Gasteiger partial charge in [0.2, 0.25) is 0 Å². The molecule has 2 N–H and O–H groups in total. The van der Waals surface area contributed by atoms with E-state index in [2.05, 4.69) is 4.98 Å². The van der Waals surface area contributed by atoms with Crippen LogP contribution in [0, 0.1) is 12.8 Å². The van der Waals surface area contributed by atoms with Crippen LogP contribution in [0.3, 0.4) is 0 Å². The van der Waals surface area contributed by atoms with Gasteiger partial charge in [0, 0.05) is 29.8 Å². The average molecular weight is 473 g/mol. The molecule has 33 heavy (non-hydrogen) atoms. The van der Waals surface area contributed by atoms with Crippen LogP contribution in [0.5, 0.6) is 0 Å². The highest BCUT2D eigenvalue weighted by Crippen LogP contribution is 2.29. The number of benzene rings is 1. The summed E-state index contributed by atoms with van der Waals surface area (Å²) in [5.41, 5.74) is 2.91. The summed E-state index contributed by atoms with van der Waals surface area (Å²) in [7, 11) is 0. The smallest absolute Gasteiger partial charge is 0.317 e. The van der Waals surface area contributed by atoms with Gasteiger partial charge in [-0.3, -0.25) is 24.1 Å². The molecule has 1 aromatic carbocycles. The predicted molar refractivity (Wildman–Crippen MR) is 123 cm³/mol. The summed E-state index contributed by atoms with van der Waals surface area (Å²) >= 11 is 1.28. The molecule has 2 aromatic rings. The molecule has 3 rings (SSSR count). The Labute approximate surface area is 196 Å². The second-order valence-electron chi connectivity index (χ2n) is 8.56. The third-order valence-electron chi connectivity index (χ3n) is 5.70. The normalized spacial score (nSPS) is 14.0. The monoisotopic (exact) mass is 472 g/mol. The maximum Gasteiger partial charge on any atom is 0.317 e. The molecule has 0 radical (unpaired) electrons. The fourth-order valence-electron chi connectivity index (χ4n) is 4.21. The number of hydrogen-bond donors (Lipinski definition) is 2. The summed E-state index contributed by atoms with van der Waals surface area (Å²) in [5.74, 6) is -2.13. The Hall–Kier alpha value is -2.91. The summed E-state index contributed by atoms with van der Waals surface area (Å²) < 4.78 is 0. The molecule has 176 valence electrons. The fraction of sp³-hybridized carbons (Fsp3) is 0.458. The second kappa shape index (κ2) is 11.3. The summed E-state index contributed by atoms with van der Waals surface area (Å²) in [6.45, 7) is 1.18. The van der Waals surface area contributed by atoms with E-state index in [0.717, 1.165) is 36.8 Å². The molecule has 1 saturated carbocycles. The van der Waals surface area contributed by atoms with Crippen LogP contribution in [0.25, 0.3) is 0 Å². The minimum atomic E-state index is -1.12. The number of aryl methyl sites for hydroxylation is 1. The van der Waals surface area contributed by atoms with Crippen molar-refractivity contribution in [1.29, 1.82) is 0 Å². The van der Waals surface area contributed by atoms with Crippen molar-refractivity contribution in [3.8, 4) is 0 Å². The number of hydrogen-bond acceptors (Lipinski definition) is 7. The van der Waals surface area contributed by atoms with E-state index in [4.69, 9.17) is 10.2 Å². The fourth-order valence-corrected chi connectivity index (χ4v) is 5.02. The van der Waals surface area contributed by atoms with Gasteiger partial charge in [-0.1, -0.05) is 30.5 Å². The number of carbonyl (C=O) groups excluding carboxylic acids is 2. The lowest BCUT2D eigenvalue weighted by atomic mass is 9.90. The van der Waals surface area contributed by atoms with Crippen molar-refractivity contribution in [3.05, 3.63) is 51.0 Å². The molecule has 1 aliphatic rings. The van der Waals surface area contributed by atoms with Gasteiger partial charge in [0.1, 0.15) is 10.8 Å². The molecule has 1 aromatic heterocycles. The van der Waals surface area contributed by atoms with Crippen LogP contribution >= 0.6 is 11.3 Å². The Bertz CT molecular complexity index is 1030. The highest BCUT2D eigenvalue weighted by molar-refractivity contribution is 7.09. The van der Waals surface area contributed by atoms with Crippen molar-refractivity contribution in [2.24, 2.45) is 5.92 Å². The van der Waals surface area contributed by atoms with Crippen LogP contribution in [0.4, 0.5) is 0 Å². The van der Waals surface area contributed by atoms with Gasteiger partial charge in [0.05, 0.1) is 25.2 Å². The van der Waals surface area contributed by atoms with Gasteiger partial charge in [0.25, 0.3) is 0 Å². The first kappa shape index (κ1) is 24.7. The Morgan fingerprint density at radius 2 is 1.73 bits per heavy atom. The molecule has 0 atom stereocenters. The number of carboxylic acids is 2. The number of rotatable bonds is 12. The van der Waals surface area contributed by atoms with Gasteiger partial charge < -0.3 is 10.2 Å². The Balaban J connectivity index is 1.65. The van der Waals surface area contributed by atoms with Crippen molar-refractivity contribution < 1.29 is 29.4 Å². The molecule has 0 spiro atoms. The minimum Gasteiger partial charge on any atom is -0.480 e. The molecule has 0 saturated heterocycles. The van der Waals surface area contributed by atoms with Gasteiger partial charge in [-0.2, -0.15) is 0 Å². The summed E-state index contributed by atoms with van der Waals surface area (Å²) in [6.07, 6.45) is 4.20. The molecule has 0 amide bonds. The van der Waals surface area contributed by atoms with Crippen LogP contribution in [0.1, 0.15) is 57.9 Å². The zero-order chi connectivity index (χ0) is 24.0. The zero-order valence-electron chi connectivity index (χ0n) is 18.6. The Kier molecular flexibility index (Phi) is 8.46. The number of ketones is 2. The van der Waals surface area contributed by atoms with Gasteiger partial charge in [-0.15, -0.1) is 11.3 Å². The standard InChI is InChI=1S/C24H28N2O6S/c1-15-6-7-17(20(8-15)24(32)16-4-2-3-5-16)9-19(27)10-21-25-18(14-33-21)11-26(12-22(28)29)13-23(30)31/h6-8,14,16H,2-5,9-13H2,1H3,(H,28,29)(H,30,31). The van der Waals surface area contributed by atoms with E-state index in [1.807, 2.05) is 25.1 Å². The second-order valence-corrected chi connectivity index (χ2v) is 9.51. The first-order valence-corrected chi connectivity index (χ1v) is 11.8. The van der Waals surface area contributed by atoms with E-state index < -0.39 is 25.0 Å². The van der Waals surface area contributed by atoms with Crippen molar-refractivity contribution >= 4 is 34.8 Å². The number of aromatic nitrogens is 1.